The molecule has 8 nitrogen and oxygen atoms in total. The van der Waals surface area contributed by atoms with Gasteiger partial charge in [0.15, 0.2) is 0 Å². The summed E-state index contributed by atoms with van der Waals surface area (Å²) in [6.45, 7) is 0. The van der Waals surface area contributed by atoms with Crippen molar-refractivity contribution in [3.8, 4) is 0 Å². The first-order chi connectivity index (χ1) is 3.46. The SMILES string of the molecule is O=[Si]([O-])[O-].O=[Si]([O-])[O-].[Al+3].[K+].[Mg+2].[OH-].[OH-]. The van der Waals surface area contributed by atoms with E-state index in [0.717, 1.165) is 0 Å². The molecule has 0 aromatic rings. The van der Waals surface area contributed by atoms with Crippen LogP contribution in [0.5, 0.6) is 0 Å². The van der Waals surface area contributed by atoms with Crippen LogP contribution in [-0.2, 0) is 8.92 Å². The topological polar surface area (TPSA) is 186 Å². The third-order valence-corrected chi connectivity index (χ3v) is 0. The Morgan fingerprint density at radius 1 is 0.769 bits per heavy atom. The Bertz CT molecular complexity index is 80.1. The molecule has 0 amide bonds. The smallest absolute Gasteiger partial charge is 0.870 e. The standard InChI is InChI=1S/Al.K.Mg.2O3Si.2H2O/c;;;2*1-4(2)3;;/h;;;;;2*1H2/q+3;+1;+2;2*-2;;/p-2. The molecule has 0 saturated heterocycles. The third kappa shape index (κ3) is 472. The van der Waals surface area contributed by atoms with E-state index < -0.39 is 18.3 Å². The van der Waals surface area contributed by atoms with Crippen LogP contribution in [0.3, 0.4) is 0 Å². The van der Waals surface area contributed by atoms with Gasteiger partial charge in [0, 0.05) is 18.3 Å². The molecule has 13 heavy (non-hydrogen) atoms. The van der Waals surface area contributed by atoms with E-state index in [1.165, 1.54) is 0 Å². The summed E-state index contributed by atoms with van der Waals surface area (Å²) in [4.78, 5) is 34.1. The minimum absolute atomic E-state index is 0. The molecule has 0 atom stereocenters. The first-order valence-corrected chi connectivity index (χ1v) is 3.67. The van der Waals surface area contributed by atoms with Gasteiger partial charge in [0.05, 0.1) is 0 Å². The number of hydrogen-bond acceptors (Lipinski definition) is 8. The van der Waals surface area contributed by atoms with Crippen molar-refractivity contribution in [3.63, 3.8) is 0 Å². The van der Waals surface area contributed by atoms with Gasteiger partial charge in [-0.15, -0.1) is 0 Å². The van der Waals surface area contributed by atoms with Crippen molar-refractivity contribution >= 4 is 58.8 Å². The van der Waals surface area contributed by atoms with Gasteiger partial charge in [0.2, 0.25) is 0 Å². The summed E-state index contributed by atoms with van der Waals surface area (Å²) in [5.74, 6) is 0. The summed E-state index contributed by atoms with van der Waals surface area (Å²) in [6.07, 6.45) is 0. The second-order valence-corrected chi connectivity index (χ2v) is 1.50. The molecule has 0 aromatic carbocycles. The van der Waals surface area contributed by atoms with E-state index in [4.69, 9.17) is 28.1 Å². The van der Waals surface area contributed by atoms with Crippen LogP contribution in [0.4, 0.5) is 0 Å². The molecule has 0 aliphatic rings. The molecule has 0 aromatic heterocycles. The minimum atomic E-state index is -3.63. The van der Waals surface area contributed by atoms with Crippen LogP contribution in [0, 0.1) is 0 Å². The van der Waals surface area contributed by atoms with Crippen LogP contribution < -0.4 is 70.6 Å². The van der Waals surface area contributed by atoms with Crippen molar-refractivity contribution in [2.24, 2.45) is 0 Å². The Kier molecular flexibility index (Phi) is 130. The summed E-state index contributed by atoms with van der Waals surface area (Å²) < 4.78 is 17.0. The van der Waals surface area contributed by atoms with Crippen LogP contribution >= 0.6 is 0 Å². The van der Waals surface area contributed by atoms with Crippen LogP contribution in [-0.4, -0.2) is 69.7 Å². The summed E-state index contributed by atoms with van der Waals surface area (Å²) >= 11 is 0. The Labute approximate surface area is 146 Å². The van der Waals surface area contributed by atoms with Crippen LogP contribution in [0.1, 0.15) is 0 Å². The van der Waals surface area contributed by atoms with Crippen molar-refractivity contribution < 1.29 is 90.4 Å². The van der Waals surface area contributed by atoms with E-state index in [9.17, 15) is 0 Å². The molecule has 0 bridgehead atoms. The molecule has 2 N–H and O–H groups in total. The van der Waals surface area contributed by atoms with Crippen LogP contribution in [0.25, 0.3) is 0 Å². The Morgan fingerprint density at radius 2 is 0.769 bits per heavy atom. The van der Waals surface area contributed by atoms with E-state index in [0.29, 0.717) is 0 Å². The molecular weight excluding hydrogens is 275 g/mol. The summed E-state index contributed by atoms with van der Waals surface area (Å²) in [6, 6.07) is 0. The predicted molar refractivity (Wildman–Crippen MR) is 28.3 cm³/mol. The third-order valence-electron chi connectivity index (χ3n) is 0. The second-order valence-electron chi connectivity index (χ2n) is 0.500. The van der Waals surface area contributed by atoms with Crippen molar-refractivity contribution in [1.82, 2.24) is 0 Å². The van der Waals surface area contributed by atoms with E-state index in [-0.39, 0.29) is 103 Å². The van der Waals surface area contributed by atoms with Crippen LogP contribution in [0.15, 0.2) is 0 Å². The van der Waals surface area contributed by atoms with E-state index in [2.05, 4.69) is 0 Å². The van der Waals surface area contributed by atoms with Gasteiger partial charge >= 0.3 is 91.8 Å². The van der Waals surface area contributed by atoms with Gasteiger partial charge < -0.3 is 39.1 Å². The zero-order chi connectivity index (χ0) is 7.15. The molecule has 0 unspecified atom stereocenters. The van der Waals surface area contributed by atoms with Gasteiger partial charge in [-0.1, -0.05) is 0 Å². The Balaban J connectivity index is -0.00000000800. The molecule has 13 heteroatoms. The molecule has 0 radical (unpaired) electrons. The summed E-state index contributed by atoms with van der Waals surface area (Å²) in [5.41, 5.74) is 0. The maximum atomic E-state index is 8.52. The van der Waals surface area contributed by atoms with Crippen molar-refractivity contribution in [3.05, 3.63) is 0 Å². The van der Waals surface area contributed by atoms with Crippen molar-refractivity contribution in [2.45, 2.75) is 0 Å². The number of rotatable bonds is 0. The normalized spacial score (nSPS) is 3.69. The molecule has 0 heterocycles. The van der Waals surface area contributed by atoms with Gasteiger partial charge in [-0.3, -0.25) is 0 Å². The summed E-state index contributed by atoms with van der Waals surface area (Å²) in [5, 5.41) is 0. The molecule has 0 fully saturated rings. The average Bonchev–Trinajstić information content (AvgIpc) is 1.25. The van der Waals surface area contributed by atoms with Crippen molar-refractivity contribution in [2.75, 3.05) is 0 Å². The van der Waals surface area contributed by atoms with Gasteiger partial charge in [0.25, 0.3) is 0 Å². The quantitative estimate of drug-likeness (QED) is 0.390. The first kappa shape index (κ1) is 45.8. The molecule has 0 aliphatic heterocycles. The zero-order valence-electron chi connectivity index (χ0n) is 6.63. The van der Waals surface area contributed by atoms with E-state index in [1.807, 2.05) is 0 Å². The molecule has 0 spiro atoms. The van der Waals surface area contributed by atoms with E-state index in [1.54, 1.807) is 0 Å². The van der Waals surface area contributed by atoms with Crippen LogP contribution in [0.2, 0.25) is 0 Å². The van der Waals surface area contributed by atoms with Gasteiger partial charge in [-0.05, 0) is 0 Å². The molecule has 64 valence electrons. The number of hydrogen-bond donors (Lipinski definition) is 0. The zero-order valence-corrected chi connectivity index (χ0v) is 14.3. The minimum Gasteiger partial charge on any atom is -0.870 e. The Hall–Kier alpha value is 2.09. The molecule has 0 saturated carbocycles. The van der Waals surface area contributed by atoms with Gasteiger partial charge in [-0.2, -0.15) is 0 Å². The fourth-order valence-corrected chi connectivity index (χ4v) is 0. The first-order valence-electron chi connectivity index (χ1n) is 1.22. The monoisotopic (exact) mass is 276 g/mol. The fourth-order valence-electron chi connectivity index (χ4n) is 0. The summed E-state index contributed by atoms with van der Waals surface area (Å²) in [7, 11) is -7.26. The maximum absolute atomic E-state index is 8.52. The largest absolute Gasteiger partial charge is 3.00 e. The Morgan fingerprint density at radius 3 is 0.769 bits per heavy atom. The fraction of sp³-hybridized carbons (Fsp3) is 0. The molecule has 0 aliphatic carbocycles. The molecule has 0 rings (SSSR count). The second kappa shape index (κ2) is 36.9. The maximum Gasteiger partial charge on any atom is 3.00 e. The van der Waals surface area contributed by atoms with Crippen molar-refractivity contribution in [1.29, 1.82) is 0 Å². The van der Waals surface area contributed by atoms with Gasteiger partial charge in [-0.25, -0.2) is 0 Å². The predicted octanol–water partition coefficient (Wildman–Crippen LogP) is -9.87. The average molecular weight is 277 g/mol. The molecular formula is H2AlKMgO8Si2. The van der Waals surface area contributed by atoms with E-state index >= 15 is 0 Å². The van der Waals surface area contributed by atoms with Gasteiger partial charge in [0.1, 0.15) is 0 Å².